The van der Waals surface area contributed by atoms with E-state index in [2.05, 4.69) is 6.58 Å². The van der Waals surface area contributed by atoms with E-state index in [-0.39, 0.29) is 50.7 Å². The van der Waals surface area contributed by atoms with Crippen molar-refractivity contribution in [3.8, 4) is 0 Å². The molecule has 25 heteroatoms. The molecular weight excluding hydrogens is 1010 g/mol. The van der Waals surface area contributed by atoms with Gasteiger partial charge in [-0.2, -0.15) is 0 Å². The zero-order chi connectivity index (χ0) is 42.0. The molecule has 0 aliphatic carbocycles. The van der Waals surface area contributed by atoms with Gasteiger partial charge in [-0.1, -0.05) is 12.1 Å². The molecule has 1 radical (unpaired) electrons. The minimum atomic E-state index is -1.98. The zero-order valence-corrected chi connectivity index (χ0v) is 36.3. The average Bonchev–Trinajstić information content (AvgIpc) is 3.19. The summed E-state index contributed by atoms with van der Waals surface area (Å²) in [5.41, 5.74) is 9.24. The first-order chi connectivity index (χ1) is 27.0. The Hall–Kier alpha value is 0.222. The normalized spacial score (nSPS) is 51.5. The molecule has 5 fully saturated rings. The fourth-order valence-electron chi connectivity index (χ4n) is 7.19. The zero-order valence-electron chi connectivity index (χ0n) is 31.5. The van der Waals surface area contributed by atoms with Crippen molar-refractivity contribution < 1.29 is 158 Å². The summed E-state index contributed by atoms with van der Waals surface area (Å²) in [5, 5.41) is 137. The van der Waals surface area contributed by atoms with E-state index >= 15 is 0 Å². The van der Waals surface area contributed by atoms with Gasteiger partial charge in [0.2, 0.25) is 0 Å². The summed E-state index contributed by atoms with van der Waals surface area (Å²) in [7, 11) is 0. The van der Waals surface area contributed by atoms with Crippen LogP contribution in [0, 0.1) is 44.1 Å². The summed E-state index contributed by atoms with van der Waals surface area (Å²) in [5.74, 6) is 0. The largest absolute Gasteiger partial charge is 0.668 e. The summed E-state index contributed by atoms with van der Waals surface area (Å²) in [6.07, 6.45) is -39.4. The molecule has 0 spiro atoms. The summed E-state index contributed by atoms with van der Waals surface area (Å²) < 4.78 is 57.5. The third-order valence-corrected chi connectivity index (χ3v) is 10.6. The van der Waals surface area contributed by atoms with Crippen LogP contribution in [0.1, 0.15) is 13.8 Å². The van der Waals surface area contributed by atoms with E-state index in [1.165, 1.54) is 19.9 Å². The first-order valence-corrected chi connectivity index (χ1v) is 18.4. The minimum absolute atomic E-state index is 0. The van der Waals surface area contributed by atoms with Crippen LogP contribution in [0.2, 0.25) is 0 Å². The van der Waals surface area contributed by atoms with Crippen LogP contribution < -0.4 is 0 Å². The van der Waals surface area contributed by atoms with Crippen LogP contribution in [0.5, 0.6) is 0 Å². The molecule has 0 aromatic heterocycles. The first kappa shape index (κ1) is 50.9. The van der Waals surface area contributed by atoms with Gasteiger partial charge in [-0.3, -0.25) is 0 Å². The van der Waals surface area contributed by atoms with Gasteiger partial charge < -0.3 is 119 Å². The molecule has 0 saturated carbocycles. The van der Waals surface area contributed by atoms with Gasteiger partial charge in [0.05, 0.1) is 44.7 Å². The molecule has 5 heterocycles. The Balaban J connectivity index is 0.00000744. The molecule has 5 rings (SSSR count). The number of hydrogen-bond donors (Lipinski definition) is 13. The quantitative estimate of drug-likeness (QED) is 0.0719. The topological polar surface area (TPSA) is 379 Å². The molecule has 58 heavy (non-hydrogen) atoms. The Morgan fingerprint density at radius 3 is 1.43 bits per heavy atom. The van der Waals surface area contributed by atoms with Crippen molar-refractivity contribution in [2.24, 2.45) is 0 Å². The van der Waals surface area contributed by atoms with E-state index in [0.29, 0.717) is 0 Å². The van der Waals surface area contributed by atoms with Gasteiger partial charge in [-0.05, 0) is 13.8 Å². The van der Waals surface area contributed by atoms with Crippen molar-refractivity contribution in [2.75, 3.05) is 26.4 Å². The smallest absolute Gasteiger partial charge is 0.187 e. The van der Waals surface area contributed by atoms with Gasteiger partial charge in [-0.15, -0.1) is 6.58 Å². The first-order valence-electron chi connectivity index (χ1n) is 18.4. The second-order valence-corrected chi connectivity index (χ2v) is 14.6. The van der Waals surface area contributed by atoms with Gasteiger partial charge >= 0.3 is 0 Å². The summed E-state index contributed by atoms with van der Waals surface area (Å²) in [6.45, 7) is 3.47. The fourth-order valence-corrected chi connectivity index (χ4v) is 7.19. The Labute approximate surface area is 368 Å². The maximum atomic E-state index is 11.2. The average molecular weight is 1060 g/mol. The Bertz CT molecular complexity index is 1270. The minimum Gasteiger partial charge on any atom is -0.668 e. The predicted molar refractivity (Wildman–Crippen MR) is 180 cm³/mol. The second kappa shape index (κ2) is 22.2. The molecule has 5 aliphatic rings. The van der Waals surface area contributed by atoms with Gasteiger partial charge in [0.1, 0.15) is 104 Å². The Kier molecular flexibility index (Phi) is 19.5. The third kappa shape index (κ3) is 10.8. The van der Waals surface area contributed by atoms with Gasteiger partial charge in [0.25, 0.3) is 0 Å². The molecule has 0 aromatic rings. The Morgan fingerprint density at radius 2 is 0.914 bits per heavy atom. The molecule has 5 aliphatic heterocycles. The summed E-state index contributed by atoms with van der Waals surface area (Å²) >= 11 is 0. The van der Waals surface area contributed by atoms with Crippen molar-refractivity contribution >= 4 is 0 Å². The standard InChI is InChI=1S/C33H56NO23.Ac/c1-4-5-48-30-24(47)27(18(41)12(7-36)51-30)56-29-14(34)26(55-31-22(45)19(42)15(38)9(2)49-31)25(13(8-37)53-29)54-33-28(21(44)17(40)11(6-35)52-33)57-32-23(46)20(43)16(39)10(3)50-32;/h4,9-47H,1,5-8H2,2-3H3;/q-1;/t9?,10?,11?,12?,13?,14?,15-,16-,17+,18+,19?,20?,21?,22?,23?,24?,25+,26?,27?,28?,29?,30?,31+,32+,33+;/m1./s1. The van der Waals surface area contributed by atoms with Crippen LogP contribution in [0.15, 0.2) is 12.7 Å². The number of nitrogens with one attached hydrogen (secondary N) is 1. The van der Waals surface area contributed by atoms with Crippen LogP contribution in [0.4, 0.5) is 0 Å². The van der Waals surface area contributed by atoms with Crippen LogP contribution >= 0.6 is 0 Å². The summed E-state index contributed by atoms with van der Waals surface area (Å²) in [6, 6.07) is -1.87. The van der Waals surface area contributed by atoms with E-state index in [4.69, 9.17) is 47.4 Å². The van der Waals surface area contributed by atoms with E-state index in [1.54, 1.807) is 0 Å². The maximum Gasteiger partial charge on any atom is 0.187 e. The van der Waals surface area contributed by atoms with Crippen molar-refractivity contribution in [3.63, 3.8) is 0 Å². The van der Waals surface area contributed by atoms with Gasteiger partial charge in [-0.25, -0.2) is 0 Å². The van der Waals surface area contributed by atoms with E-state index < -0.39 is 173 Å². The molecule has 0 amide bonds. The SMILES string of the molecule is C=CCOC1OC(CO)[C@H](O)C(OC2OC(CO)[C@H](O[C@@H]3OC(CO)[C@H](O)C(O)C3O[C@@H]3OC(C)[C@@H](O)C(O)C3O)C(O[C@@H]3OC(C)[C@@H](O)C(O)C3O)C2[NH-])C1O.[Ac]. The molecule has 0 bridgehead atoms. The molecule has 0 aromatic carbocycles. The molecule has 24 nitrogen and oxygen atoms in total. The van der Waals surface area contributed by atoms with Gasteiger partial charge in [0, 0.05) is 44.1 Å². The van der Waals surface area contributed by atoms with Crippen molar-refractivity contribution in [1.82, 2.24) is 0 Å². The van der Waals surface area contributed by atoms with E-state index in [1.807, 2.05) is 0 Å². The van der Waals surface area contributed by atoms with E-state index in [0.717, 1.165) is 0 Å². The predicted octanol–water partition coefficient (Wildman–Crippen LogP) is -7.60. The van der Waals surface area contributed by atoms with E-state index in [9.17, 15) is 72.1 Å². The van der Waals surface area contributed by atoms with Crippen LogP contribution in [0.25, 0.3) is 5.73 Å². The van der Waals surface area contributed by atoms with Gasteiger partial charge in [0.15, 0.2) is 25.2 Å². The Morgan fingerprint density at radius 1 is 0.466 bits per heavy atom. The molecule has 25 atom stereocenters. The third-order valence-electron chi connectivity index (χ3n) is 10.6. The maximum absolute atomic E-state index is 11.2. The van der Waals surface area contributed by atoms with Crippen molar-refractivity contribution in [2.45, 2.75) is 167 Å². The number of aliphatic hydroxyl groups excluding tert-OH is 13. The van der Waals surface area contributed by atoms with Crippen LogP contribution in [-0.2, 0) is 47.4 Å². The monoisotopic (exact) mass is 1060 g/mol. The van der Waals surface area contributed by atoms with Crippen LogP contribution in [-0.4, -0.2) is 246 Å². The number of rotatable bonds is 14. The van der Waals surface area contributed by atoms with Crippen molar-refractivity contribution in [3.05, 3.63) is 18.4 Å². The molecule has 335 valence electrons. The number of aliphatic hydroxyl groups is 13. The summed E-state index contributed by atoms with van der Waals surface area (Å²) in [4.78, 5) is 0. The fraction of sp³-hybridized carbons (Fsp3) is 0.939. The molecular formula is C33H56AcNO23-. The molecule has 5 saturated heterocycles. The molecule has 17 unspecified atom stereocenters. The van der Waals surface area contributed by atoms with Crippen molar-refractivity contribution in [1.29, 1.82) is 0 Å². The number of hydrogen-bond acceptors (Lipinski definition) is 23. The second-order valence-electron chi connectivity index (χ2n) is 14.6. The molecule has 14 N–H and O–H groups in total. The van der Waals surface area contributed by atoms with Crippen LogP contribution in [0.3, 0.4) is 0 Å². The number of ether oxygens (including phenoxy) is 10.